The number of carbonyl (C=O) groups is 1. The van der Waals surface area contributed by atoms with Gasteiger partial charge in [0.1, 0.15) is 11.4 Å². The smallest absolute Gasteiger partial charge is 0.303 e. The summed E-state index contributed by atoms with van der Waals surface area (Å²) in [4.78, 5) is 10.8. The molecule has 1 aromatic rings. The van der Waals surface area contributed by atoms with Gasteiger partial charge in [-0.25, -0.2) is 0 Å². The number of aliphatic carboxylic acids is 1. The number of carboxylic acid groups (broad SMARTS) is 1. The Morgan fingerprint density at radius 3 is 2.62 bits per heavy atom. The van der Waals surface area contributed by atoms with Gasteiger partial charge in [-0.05, 0) is 44.1 Å². The van der Waals surface area contributed by atoms with Crippen molar-refractivity contribution in [2.75, 3.05) is 14.2 Å². The van der Waals surface area contributed by atoms with E-state index < -0.39 is 11.6 Å². The first-order chi connectivity index (χ1) is 9.88. The Bertz CT molecular complexity index is 587. The van der Waals surface area contributed by atoms with Gasteiger partial charge in [0.2, 0.25) is 0 Å². The molecule has 5 heteroatoms. The maximum atomic E-state index is 10.8. The van der Waals surface area contributed by atoms with Gasteiger partial charge in [0.25, 0.3) is 0 Å². The number of rotatable bonds is 5. The molecule has 0 radical (unpaired) electrons. The van der Waals surface area contributed by atoms with Crippen LogP contribution in [-0.2, 0) is 11.2 Å². The van der Waals surface area contributed by atoms with E-state index >= 15 is 0 Å². The van der Waals surface area contributed by atoms with Crippen LogP contribution in [0.1, 0.15) is 31.4 Å². The molecule has 1 aromatic carbocycles. The summed E-state index contributed by atoms with van der Waals surface area (Å²) in [7, 11) is 3.14. The van der Waals surface area contributed by atoms with Gasteiger partial charge in [0.05, 0.1) is 19.8 Å². The zero-order valence-electron chi connectivity index (χ0n) is 12.7. The molecule has 0 saturated carbocycles. The van der Waals surface area contributed by atoms with Crippen molar-refractivity contribution in [2.24, 2.45) is 0 Å². The lowest BCUT2D eigenvalue weighted by atomic mass is 9.97. The molecule has 0 atom stereocenters. The van der Waals surface area contributed by atoms with E-state index in [0.29, 0.717) is 23.7 Å². The van der Waals surface area contributed by atoms with E-state index in [1.807, 2.05) is 26.0 Å². The fraction of sp³-hybridized carbons (Fsp3) is 0.438. The topological polar surface area (TPSA) is 65.0 Å². The highest BCUT2D eigenvalue weighted by molar-refractivity contribution is 5.74. The Balaban J connectivity index is 2.53. The normalized spacial score (nSPS) is 15.0. The second-order valence-corrected chi connectivity index (χ2v) is 5.45. The van der Waals surface area contributed by atoms with E-state index in [2.05, 4.69) is 0 Å². The largest absolute Gasteiger partial charge is 0.496 e. The predicted octanol–water partition coefficient (Wildman–Crippen LogP) is 2.91. The van der Waals surface area contributed by atoms with E-state index in [1.165, 1.54) is 0 Å². The van der Waals surface area contributed by atoms with Crippen LogP contribution in [-0.4, -0.2) is 30.9 Å². The average Bonchev–Trinajstić information content (AvgIpc) is 2.42. The lowest BCUT2D eigenvalue weighted by Gasteiger charge is -2.30. The minimum Gasteiger partial charge on any atom is -0.496 e. The number of carboxylic acids is 1. The van der Waals surface area contributed by atoms with Crippen molar-refractivity contribution in [3.63, 3.8) is 0 Å². The SMILES string of the molecule is COc1cc(CCC(=O)O)c(OC)c2c1OC(C)(C)C=C2. The average molecular weight is 292 g/mol. The first kappa shape index (κ1) is 15.2. The summed E-state index contributed by atoms with van der Waals surface area (Å²) in [6.45, 7) is 3.91. The Labute approximate surface area is 124 Å². The second-order valence-electron chi connectivity index (χ2n) is 5.45. The molecule has 0 amide bonds. The van der Waals surface area contributed by atoms with Crippen LogP contribution in [0.5, 0.6) is 17.2 Å². The summed E-state index contributed by atoms with van der Waals surface area (Å²) in [6.07, 6.45) is 4.29. The van der Waals surface area contributed by atoms with E-state index in [9.17, 15) is 4.79 Å². The molecule has 0 fully saturated rings. The van der Waals surface area contributed by atoms with Crippen molar-refractivity contribution in [1.29, 1.82) is 0 Å². The summed E-state index contributed by atoms with van der Waals surface area (Å²) in [5.41, 5.74) is 1.16. The zero-order valence-corrected chi connectivity index (χ0v) is 12.7. The Hall–Kier alpha value is -2.17. The van der Waals surface area contributed by atoms with Crippen LogP contribution in [0.3, 0.4) is 0 Å². The van der Waals surface area contributed by atoms with Gasteiger partial charge in [-0.2, -0.15) is 0 Å². The van der Waals surface area contributed by atoms with Gasteiger partial charge >= 0.3 is 5.97 Å². The first-order valence-corrected chi connectivity index (χ1v) is 6.76. The molecule has 2 rings (SSSR count). The third kappa shape index (κ3) is 3.12. The number of hydrogen-bond acceptors (Lipinski definition) is 4. The van der Waals surface area contributed by atoms with E-state index in [0.717, 1.165) is 11.1 Å². The minimum absolute atomic E-state index is 0.0361. The summed E-state index contributed by atoms with van der Waals surface area (Å²) < 4.78 is 16.8. The summed E-state index contributed by atoms with van der Waals surface area (Å²) >= 11 is 0. The lowest BCUT2D eigenvalue weighted by molar-refractivity contribution is -0.136. The molecule has 21 heavy (non-hydrogen) atoms. The highest BCUT2D eigenvalue weighted by atomic mass is 16.5. The monoisotopic (exact) mass is 292 g/mol. The standard InChI is InChI=1S/C16H20O5/c1-16(2)8-7-11-14(20-4)10(5-6-13(17)18)9-12(19-3)15(11)21-16/h7-9H,5-6H2,1-4H3,(H,17,18). The number of methoxy groups -OCH3 is 2. The zero-order chi connectivity index (χ0) is 15.6. The van der Waals surface area contributed by atoms with Crippen molar-refractivity contribution in [3.8, 4) is 17.2 Å². The van der Waals surface area contributed by atoms with Gasteiger partial charge in [-0.3, -0.25) is 4.79 Å². The molecule has 114 valence electrons. The molecule has 0 aliphatic carbocycles. The molecule has 0 unspecified atom stereocenters. The first-order valence-electron chi connectivity index (χ1n) is 6.76. The van der Waals surface area contributed by atoms with Crippen LogP contribution in [0.4, 0.5) is 0 Å². The van der Waals surface area contributed by atoms with Crippen molar-refractivity contribution in [2.45, 2.75) is 32.3 Å². The van der Waals surface area contributed by atoms with Crippen molar-refractivity contribution in [3.05, 3.63) is 23.3 Å². The minimum atomic E-state index is -0.846. The van der Waals surface area contributed by atoms with E-state index in [4.69, 9.17) is 19.3 Å². The molecule has 1 heterocycles. The Kier molecular flexibility index (Phi) is 4.11. The van der Waals surface area contributed by atoms with Gasteiger partial charge in [-0.1, -0.05) is 0 Å². The van der Waals surface area contributed by atoms with Crippen LogP contribution >= 0.6 is 0 Å². The third-order valence-electron chi connectivity index (χ3n) is 3.36. The highest BCUT2D eigenvalue weighted by Gasteiger charge is 2.28. The number of hydrogen-bond donors (Lipinski definition) is 1. The van der Waals surface area contributed by atoms with Gasteiger partial charge in [-0.15, -0.1) is 0 Å². The van der Waals surface area contributed by atoms with Crippen LogP contribution in [0, 0.1) is 0 Å². The molecule has 1 N–H and O–H groups in total. The highest BCUT2D eigenvalue weighted by Crippen LogP contribution is 2.45. The third-order valence-corrected chi connectivity index (χ3v) is 3.36. The van der Waals surface area contributed by atoms with Gasteiger partial charge < -0.3 is 19.3 Å². The quantitative estimate of drug-likeness (QED) is 0.904. The van der Waals surface area contributed by atoms with Crippen molar-refractivity contribution >= 4 is 12.0 Å². The predicted molar refractivity (Wildman–Crippen MR) is 79.2 cm³/mol. The number of benzene rings is 1. The molecular formula is C16H20O5. The maximum absolute atomic E-state index is 10.8. The fourth-order valence-corrected chi connectivity index (χ4v) is 2.36. The van der Waals surface area contributed by atoms with Gasteiger partial charge in [0, 0.05) is 6.42 Å². The molecular weight excluding hydrogens is 272 g/mol. The number of aryl methyl sites for hydroxylation is 1. The van der Waals surface area contributed by atoms with E-state index in [-0.39, 0.29) is 6.42 Å². The van der Waals surface area contributed by atoms with Crippen LogP contribution in [0.25, 0.3) is 6.08 Å². The molecule has 5 nitrogen and oxygen atoms in total. The maximum Gasteiger partial charge on any atom is 0.303 e. The molecule has 0 spiro atoms. The summed E-state index contributed by atoms with van der Waals surface area (Å²) in [6, 6.07) is 1.79. The molecule has 0 aromatic heterocycles. The summed E-state index contributed by atoms with van der Waals surface area (Å²) in [5, 5.41) is 8.86. The van der Waals surface area contributed by atoms with Crippen LogP contribution < -0.4 is 14.2 Å². The Morgan fingerprint density at radius 1 is 1.33 bits per heavy atom. The second kappa shape index (κ2) is 5.68. The number of fused-ring (bicyclic) bond motifs is 1. The van der Waals surface area contributed by atoms with Crippen LogP contribution in [0.2, 0.25) is 0 Å². The summed E-state index contributed by atoms with van der Waals surface area (Å²) in [5.74, 6) is 1.00. The van der Waals surface area contributed by atoms with Crippen molar-refractivity contribution in [1.82, 2.24) is 0 Å². The molecule has 0 bridgehead atoms. The van der Waals surface area contributed by atoms with E-state index in [1.54, 1.807) is 20.3 Å². The number of ether oxygens (including phenoxy) is 3. The molecule has 1 aliphatic rings. The van der Waals surface area contributed by atoms with Crippen LogP contribution in [0.15, 0.2) is 12.1 Å². The molecule has 0 saturated heterocycles. The Morgan fingerprint density at radius 2 is 2.05 bits per heavy atom. The van der Waals surface area contributed by atoms with Gasteiger partial charge in [0.15, 0.2) is 11.5 Å². The fourth-order valence-electron chi connectivity index (χ4n) is 2.36. The molecule has 1 aliphatic heterocycles. The van der Waals surface area contributed by atoms with Crippen molar-refractivity contribution < 1.29 is 24.1 Å². The lowest BCUT2D eigenvalue weighted by Crippen LogP contribution is -2.28.